The first-order chi connectivity index (χ1) is 12.8. The Morgan fingerprint density at radius 2 is 1.73 bits per heavy atom. The molecule has 0 fully saturated rings. The standard InChI is InChI=1S/C20H15IN4O/c21-17-5-6-18(16-4-2-1-3-15(16)17)26-13-14-7-8-23-19(11-14)25-20-12-22-9-10-24-20/h1-12H,13H2,(H,23,24,25). The lowest BCUT2D eigenvalue weighted by Crippen LogP contribution is -2.00. The van der Waals surface area contributed by atoms with E-state index in [0.717, 1.165) is 16.7 Å². The number of aromatic nitrogens is 3. The first-order valence-corrected chi connectivity index (χ1v) is 9.15. The number of rotatable bonds is 5. The van der Waals surface area contributed by atoms with Crippen LogP contribution in [0.25, 0.3) is 10.8 Å². The van der Waals surface area contributed by atoms with Gasteiger partial charge in [-0.15, -0.1) is 0 Å². The fraction of sp³-hybridized carbons (Fsp3) is 0.0500. The molecule has 0 bridgehead atoms. The van der Waals surface area contributed by atoms with Gasteiger partial charge in [0.15, 0.2) is 0 Å². The summed E-state index contributed by atoms with van der Waals surface area (Å²) in [5.74, 6) is 2.24. The third-order valence-corrected chi connectivity index (χ3v) is 4.81. The molecule has 0 aliphatic rings. The smallest absolute Gasteiger partial charge is 0.150 e. The van der Waals surface area contributed by atoms with Crippen molar-refractivity contribution < 1.29 is 4.74 Å². The van der Waals surface area contributed by atoms with Gasteiger partial charge in [0.25, 0.3) is 0 Å². The molecular formula is C20H15IN4O. The van der Waals surface area contributed by atoms with Gasteiger partial charge in [0.05, 0.1) is 6.20 Å². The summed E-state index contributed by atoms with van der Waals surface area (Å²) in [5.41, 5.74) is 1.02. The Morgan fingerprint density at radius 3 is 2.58 bits per heavy atom. The number of nitrogens with one attached hydrogen (secondary N) is 1. The monoisotopic (exact) mass is 454 g/mol. The van der Waals surface area contributed by atoms with Crippen molar-refractivity contribution in [2.24, 2.45) is 0 Å². The van der Waals surface area contributed by atoms with Crippen LogP contribution < -0.4 is 10.1 Å². The molecular weight excluding hydrogens is 439 g/mol. The zero-order valence-electron chi connectivity index (χ0n) is 13.8. The molecule has 6 heteroatoms. The third-order valence-electron chi connectivity index (χ3n) is 3.87. The Balaban J connectivity index is 1.52. The van der Waals surface area contributed by atoms with Crippen molar-refractivity contribution in [3.8, 4) is 5.75 Å². The normalized spacial score (nSPS) is 10.7. The van der Waals surface area contributed by atoms with Gasteiger partial charge in [-0.1, -0.05) is 24.3 Å². The highest BCUT2D eigenvalue weighted by Gasteiger charge is 2.06. The van der Waals surface area contributed by atoms with Crippen LogP contribution in [-0.4, -0.2) is 15.0 Å². The molecule has 1 N–H and O–H groups in total. The Bertz CT molecular complexity index is 1040. The highest BCUT2D eigenvalue weighted by Crippen LogP contribution is 2.30. The van der Waals surface area contributed by atoms with Crippen molar-refractivity contribution in [2.45, 2.75) is 6.61 Å². The molecule has 0 radical (unpaired) electrons. The summed E-state index contributed by atoms with van der Waals surface area (Å²) in [4.78, 5) is 12.5. The maximum absolute atomic E-state index is 6.08. The zero-order chi connectivity index (χ0) is 17.8. The van der Waals surface area contributed by atoms with E-state index < -0.39 is 0 Å². The Morgan fingerprint density at radius 1 is 0.885 bits per heavy atom. The maximum Gasteiger partial charge on any atom is 0.150 e. The number of benzene rings is 2. The number of hydrogen-bond acceptors (Lipinski definition) is 5. The number of anilines is 2. The number of halogens is 1. The lowest BCUT2D eigenvalue weighted by molar-refractivity contribution is 0.310. The molecule has 0 saturated heterocycles. The molecule has 0 aliphatic heterocycles. The van der Waals surface area contributed by atoms with Gasteiger partial charge >= 0.3 is 0 Å². The predicted molar refractivity (Wildman–Crippen MR) is 111 cm³/mol. The first-order valence-electron chi connectivity index (χ1n) is 8.07. The van der Waals surface area contributed by atoms with E-state index in [1.807, 2.05) is 30.3 Å². The molecule has 128 valence electrons. The van der Waals surface area contributed by atoms with Crippen LogP contribution in [0.3, 0.4) is 0 Å². The number of ether oxygens (including phenoxy) is 1. The van der Waals surface area contributed by atoms with Crippen molar-refractivity contribution in [1.82, 2.24) is 15.0 Å². The molecule has 26 heavy (non-hydrogen) atoms. The minimum Gasteiger partial charge on any atom is -0.488 e. The van der Waals surface area contributed by atoms with Crippen molar-refractivity contribution in [1.29, 1.82) is 0 Å². The van der Waals surface area contributed by atoms with Crippen LogP contribution in [0.15, 0.2) is 73.3 Å². The molecule has 0 amide bonds. The fourth-order valence-corrected chi connectivity index (χ4v) is 3.30. The van der Waals surface area contributed by atoms with Gasteiger partial charge < -0.3 is 10.1 Å². The van der Waals surface area contributed by atoms with E-state index in [4.69, 9.17) is 4.74 Å². The largest absolute Gasteiger partial charge is 0.488 e. The molecule has 0 unspecified atom stereocenters. The van der Waals surface area contributed by atoms with Gasteiger partial charge in [-0.05, 0) is 57.8 Å². The van der Waals surface area contributed by atoms with E-state index >= 15 is 0 Å². The van der Waals surface area contributed by atoms with Gasteiger partial charge in [0.2, 0.25) is 0 Å². The zero-order valence-corrected chi connectivity index (χ0v) is 15.9. The Kier molecular flexibility index (Phi) is 4.92. The van der Waals surface area contributed by atoms with E-state index in [0.29, 0.717) is 18.2 Å². The number of nitrogens with zero attached hydrogens (tertiary/aromatic N) is 3. The lowest BCUT2D eigenvalue weighted by Gasteiger charge is -2.11. The second kappa shape index (κ2) is 7.65. The fourth-order valence-electron chi connectivity index (χ4n) is 2.65. The molecule has 0 atom stereocenters. The summed E-state index contributed by atoms with van der Waals surface area (Å²) in [7, 11) is 0. The van der Waals surface area contributed by atoms with Gasteiger partial charge in [-0.25, -0.2) is 9.97 Å². The summed E-state index contributed by atoms with van der Waals surface area (Å²) < 4.78 is 7.29. The minimum atomic E-state index is 0.461. The lowest BCUT2D eigenvalue weighted by atomic mass is 10.1. The molecule has 4 rings (SSSR count). The minimum absolute atomic E-state index is 0.461. The van der Waals surface area contributed by atoms with Crippen LogP contribution in [-0.2, 0) is 6.61 Å². The quantitative estimate of drug-likeness (QED) is 0.433. The van der Waals surface area contributed by atoms with E-state index in [9.17, 15) is 0 Å². The highest BCUT2D eigenvalue weighted by molar-refractivity contribution is 14.1. The third kappa shape index (κ3) is 3.75. The van der Waals surface area contributed by atoms with Crippen LogP contribution in [0.4, 0.5) is 11.6 Å². The average Bonchev–Trinajstić information content (AvgIpc) is 2.69. The number of fused-ring (bicyclic) bond motifs is 1. The van der Waals surface area contributed by atoms with Crippen molar-refractivity contribution in [3.63, 3.8) is 0 Å². The molecule has 2 aromatic carbocycles. The van der Waals surface area contributed by atoms with E-state index in [1.54, 1.807) is 24.8 Å². The molecule has 2 heterocycles. The number of pyridine rings is 1. The van der Waals surface area contributed by atoms with Crippen LogP contribution in [0.5, 0.6) is 5.75 Å². The highest BCUT2D eigenvalue weighted by atomic mass is 127. The van der Waals surface area contributed by atoms with Gasteiger partial charge in [-0.2, -0.15) is 0 Å². The Hall–Kier alpha value is -2.74. The van der Waals surface area contributed by atoms with E-state index in [-0.39, 0.29) is 0 Å². The summed E-state index contributed by atoms with van der Waals surface area (Å²) in [6.45, 7) is 0.461. The molecule has 2 aromatic heterocycles. The van der Waals surface area contributed by atoms with Gasteiger partial charge in [0, 0.05) is 27.5 Å². The summed E-state index contributed by atoms with van der Waals surface area (Å²) >= 11 is 2.35. The van der Waals surface area contributed by atoms with Crippen LogP contribution in [0, 0.1) is 3.57 Å². The molecule has 4 aromatic rings. The second-order valence-corrected chi connectivity index (χ2v) is 6.81. The molecule has 5 nitrogen and oxygen atoms in total. The topological polar surface area (TPSA) is 59.9 Å². The van der Waals surface area contributed by atoms with Gasteiger partial charge in [-0.3, -0.25) is 4.98 Å². The first kappa shape index (κ1) is 16.7. The maximum atomic E-state index is 6.08. The molecule has 0 spiro atoms. The van der Waals surface area contributed by atoms with Crippen LogP contribution >= 0.6 is 22.6 Å². The van der Waals surface area contributed by atoms with Crippen LogP contribution in [0.2, 0.25) is 0 Å². The van der Waals surface area contributed by atoms with Gasteiger partial charge in [0.1, 0.15) is 24.0 Å². The van der Waals surface area contributed by atoms with E-state index in [1.165, 1.54) is 8.96 Å². The average molecular weight is 454 g/mol. The van der Waals surface area contributed by atoms with Crippen molar-refractivity contribution in [3.05, 3.63) is 82.5 Å². The van der Waals surface area contributed by atoms with Crippen molar-refractivity contribution >= 4 is 45.0 Å². The predicted octanol–water partition coefficient (Wildman–Crippen LogP) is 4.95. The van der Waals surface area contributed by atoms with Crippen molar-refractivity contribution in [2.75, 3.05) is 5.32 Å². The second-order valence-electron chi connectivity index (χ2n) is 5.64. The van der Waals surface area contributed by atoms with Crippen LogP contribution in [0.1, 0.15) is 5.56 Å². The molecule has 0 saturated carbocycles. The summed E-state index contributed by atoms with van der Waals surface area (Å²) in [6.07, 6.45) is 6.68. The molecule has 0 aliphatic carbocycles. The SMILES string of the molecule is Ic1ccc(OCc2ccnc(Nc3cnccn3)c2)c2ccccc12. The summed E-state index contributed by atoms with van der Waals surface area (Å²) in [5, 5.41) is 5.45. The van der Waals surface area contributed by atoms with E-state index in [2.05, 4.69) is 61.1 Å². The Labute approximate surface area is 164 Å². The summed E-state index contributed by atoms with van der Waals surface area (Å²) in [6, 6.07) is 16.2. The number of hydrogen-bond donors (Lipinski definition) is 1.